The van der Waals surface area contributed by atoms with Crippen LogP contribution in [0.15, 0.2) is 42.9 Å². The largest absolute Gasteiger partial charge is 0.490 e. The molecule has 1 fully saturated rings. The van der Waals surface area contributed by atoms with E-state index in [1.54, 1.807) is 17.2 Å². The van der Waals surface area contributed by atoms with E-state index in [0.29, 0.717) is 12.5 Å². The van der Waals surface area contributed by atoms with E-state index in [0.717, 1.165) is 42.4 Å². The molecule has 14 heteroatoms. The zero-order chi connectivity index (χ0) is 25.6. The number of nitrogens with one attached hydrogen (secondary N) is 1. The summed E-state index contributed by atoms with van der Waals surface area (Å²) in [5, 5.41) is 14.6. The molecule has 3 heterocycles. The van der Waals surface area contributed by atoms with E-state index in [1.165, 1.54) is 0 Å². The van der Waals surface area contributed by atoms with E-state index in [-0.39, 0.29) is 11.8 Å². The number of aromatic nitrogens is 5. The summed E-state index contributed by atoms with van der Waals surface area (Å²) >= 11 is 0. The number of nitrogens with two attached hydrogens (primary N) is 1. The quantitative estimate of drug-likeness (QED) is 0.487. The van der Waals surface area contributed by atoms with Crippen molar-refractivity contribution < 1.29 is 27.9 Å². The molecule has 2 aromatic heterocycles. The Morgan fingerprint density at radius 2 is 1.86 bits per heavy atom. The molecule has 1 atom stereocenters. The first-order chi connectivity index (χ1) is 16.5. The molecule has 3 aromatic rings. The molecule has 35 heavy (non-hydrogen) atoms. The Morgan fingerprint density at radius 3 is 2.43 bits per heavy atom. The van der Waals surface area contributed by atoms with E-state index >= 15 is 0 Å². The molecule has 1 amide bonds. The maximum atomic E-state index is 11.5. The topological polar surface area (TPSA) is 152 Å². The minimum Gasteiger partial charge on any atom is -0.475 e. The van der Waals surface area contributed by atoms with E-state index in [1.807, 2.05) is 37.3 Å². The maximum absolute atomic E-state index is 11.5. The molecule has 0 bridgehead atoms. The number of nitrogens with zero attached hydrogens (tertiary/aromatic N) is 6. The molecule has 0 radical (unpaired) electrons. The van der Waals surface area contributed by atoms with Gasteiger partial charge in [0.2, 0.25) is 11.9 Å². The molecule has 1 aliphatic rings. The lowest BCUT2D eigenvalue weighted by Crippen LogP contribution is -2.41. The molecule has 1 aliphatic heterocycles. The highest BCUT2D eigenvalue weighted by atomic mass is 19.4. The van der Waals surface area contributed by atoms with Gasteiger partial charge in [0.15, 0.2) is 0 Å². The van der Waals surface area contributed by atoms with Gasteiger partial charge in [-0.15, -0.1) is 0 Å². The van der Waals surface area contributed by atoms with Gasteiger partial charge in [0, 0.05) is 25.0 Å². The maximum Gasteiger partial charge on any atom is 0.490 e. The number of piperidine rings is 1. The van der Waals surface area contributed by atoms with Crippen molar-refractivity contribution in [1.29, 1.82) is 0 Å². The Hall–Kier alpha value is -4.23. The van der Waals surface area contributed by atoms with Crippen LogP contribution in [0.3, 0.4) is 0 Å². The second-order valence-corrected chi connectivity index (χ2v) is 7.64. The number of hydrogen-bond donors (Lipinski definition) is 3. The third kappa shape index (κ3) is 7.12. The SMILES string of the molecule is Cc1ncn(-c2ccc(Nc3nccc(N4CCCC(C(N)=O)C4)n3)cc2)n1.O=C(O)C(F)(F)F. The number of primary amides is 1. The van der Waals surface area contributed by atoms with Gasteiger partial charge in [-0.1, -0.05) is 0 Å². The summed E-state index contributed by atoms with van der Waals surface area (Å²) in [4.78, 5) is 35.5. The van der Waals surface area contributed by atoms with Crippen LogP contribution in [0.4, 0.5) is 30.6 Å². The fraction of sp³-hybridized carbons (Fsp3) is 0.333. The number of carboxylic acid groups (broad SMARTS) is 1. The van der Waals surface area contributed by atoms with Crippen LogP contribution in [-0.2, 0) is 9.59 Å². The third-order valence-electron chi connectivity index (χ3n) is 5.03. The predicted molar refractivity (Wildman–Crippen MR) is 119 cm³/mol. The highest BCUT2D eigenvalue weighted by molar-refractivity contribution is 5.77. The van der Waals surface area contributed by atoms with E-state index in [9.17, 15) is 18.0 Å². The minimum absolute atomic E-state index is 0.131. The van der Waals surface area contributed by atoms with Gasteiger partial charge in [-0.2, -0.15) is 23.3 Å². The van der Waals surface area contributed by atoms with Crippen LogP contribution in [0.2, 0.25) is 0 Å². The summed E-state index contributed by atoms with van der Waals surface area (Å²) < 4.78 is 33.5. The first kappa shape index (κ1) is 25.4. The zero-order valence-electron chi connectivity index (χ0n) is 18.6. The van der Waals surface area contributed by atoms with Gasteiger partial charge in [-0.05, 0) is 50.1 Å². The van der Waals surface area contributed by atoms with Crippen molar-refractivity contribution in [3.63, 3.8) is 0 Å². The number of aryl methyl sites for hydroxylation is 1. The molecule has 11 nitrogen and oxygen atoms in total. The van der Waals surface area contributed by atoms with Crippen LogP contribution in [0, 0.1) is 12.8 Å². The van der Waals surface area contributed by atoms with Crippen molar-refractivity contribution in [3.05, 3.63) is 48.7 Å². The van der Waals surface area contributed by atoms with Gasteiger partial charge in [-0.25, -0.2) is 19.4 Å². The molecule has 0 saturated carbocycles. The fourth-order valence-corrected chi connectivity index (χ4v) is 3.30. The summed E-state index contributed by atoms with van der Waals surface area (Å²) in [6, 6.07) is 9.62. The van der Waals surface area contributed by atoms with Crippen molar-refractivity contribution in [2.24, 2.45) is 11.7 Å². The van der Waals surface area contributed by atoms with Crippen LogP contribution in [0.5, 0.6) is 0 Å². The number of halogens is 3. The fourth-order valence-electron chi connectivity index (χ4n) is 3.30. The Labute approximate surface area is 197 Å². The lowest BCUT2D eigenvalue weighted by atomic mass is 9.97. The number of aliphatic carboxylic acids is 1. The van der Waals surface area contributed by atoms with Crippen LogP contribution in [0.1, 0.15) is 18.7 Å². The Balaban J connectivity index is 0.000000429. The highest BCUT2D eigenvalue weighted by Gasteiger charge is 2.38. The number of anilines is 3. The van der Waals surface area contributed by atoms with Crippen molar-refractivity contribution in [2.75, 3.05) is 23.3 Å². The number of alkyl halides is 3. The number of carbonyl (C=O) groups excluding carboxylic acids is 1. The van der Waals surface area contributed by atoms with Crippen LogP contribution in [-0.4, -0.2) is 61.0 Å². The molecule has 1 saturated heterocycles. The van der Waals surface area contributed by atoms with Gasteiger partial charge in [-0.3, -0.25) is 4.79 Å². The lowest BCUT2D eigenvalue weighted by molar-refractivity contribution is -0.192. The normalized spacial score (nSPS) is 15.7. The summed E-state index contributed by atoms with van der Waals surface area (Å²) in [7, 11) is 0. The van der Waals surface area contributed by atoms with Gasteiger partial charge in [0.05, 0.1) is 11.6 Å². The molecule has 186 valence electrons. The van der Waals surface area contributed by atoms with E-state index in [4.69, 9.17) is 15.6 Å². The second kappa shape index (κ2) is 10.8. The summed E-state index contributed by atoms with van der Waals surface area (Å²) in [5.41, 5.74) is 7.26. The number of rotatable bonds is 5. The Kier molecular flexibility index (Phi) is 7.83. The minimum atomic E-state index is -5.08. The van der Waals surface area contributed by atoms with Gasteiger partial charge >= 0.3 is 12.1 Å². The van der Waals surface area contributed by atoms with Crippen molar-refractivity contribution in [2.45, 2.75) is 25.9 Å². The van der Waals surface area contributed by atoms with Crippen molar-refractivity contribution >= 4 is 29.3 Å². The second-order valence-electron chi connectivity index (χ2n) is 7.64. The third-order valence-corrected chi connectivity index (χ3v) is 5.03. The van der Waals surface area contributed by atoms with E-state index < -0.39 is 12.1 Å². The Morgan fingerprint density at radius 1 is 1.17 bits per heavy atom. The number of hydrogen-bond acceptors (Lipinski definition) is 8. The molecule has 4 N–H and O–H groups in total. The number of amides is 1. The predicted octanol–water partition coefficient (Wildman–Crippen LogP) is 2.44. The van der Waals surface area contributed by atoms with Crippen LogP contribution < -0.4 is 16.0 Å². The van der Waals surface area contributed by atoms with Gasteiger partial charge in [0.25, 0.3) is 0 Å². The van der Waals surface area contributed by atoms with Crippen molar-refractivity contribution in [1.82, 2.24) is 24.7 Å². The number of carboxylic acids is 1. The van der Waals surface area contributed by atoms with Gasteiger partial charge in [0.1, 0.15) is 18.0 Å². The molecular formula is C21H23F3N8O3. The first-order valence-corrected chi connectivity index (χ1v) is 10.5. The standard InChI is InChI=1S/C19H22N8O.C2HF3O2/c1-13-22-12-27(25-13)16-6-4-15(5-7-16)23-19-21-9-8-17(24-19)26-10-2-3-14(11-26)18(20)28;3-2(4,5)1(6)7/h4-9,12,14H,2-3,10-11H2,1H3,(H2,20,28)(H,21,23,24);(H,6,7). The monoisotopic (exact) mass is 492 g/mol. The zero-order valence-corrected chi connectivity index (χ0v) is 18.6. The number of carbonyl (C=O) groups is 2. The number of benzene rings is 1. The smallest absolute Gasteiger partial charge is 0.475 e. The summed E-state index contributed by atoms with van der Waals surface area (Å²) in [6.45, 7) is 3.30. The van der Waals surface area contributed by atoms with Crippen molar-refractivity contribution in [3.8, 4) is 5.69 Å². The summed E-state index contributed by atoms with van der Waals surface area (Å²) in [5.74, 6) is -1.12. The highest BCUT2D eigenvalue weighted by Crippen LogP contribution is 2.23. The Bertz CT molecular complexity index is 1170. The summed E-state index contributed by atoms with van der Waals surface area (Å²) in [6.07, 6.45) is 0.0662. The molecule has 0 aliphatic carbocycles. The molecular weight excluding hydrogens is 469 g/mol. The molecule has 4 rings (SSSR count). The average Bonchev–Trinajstić information content (AvgIpc) is 3.26. The van der Waals surface area contributed by atoms with E-state index in [2.05, 4.69) is 30.3 Å². The van der Waals surface area contributed by atoms with Crippen LogP contribution >= 0.6 is 0 Å². The molecule has 1 aromatic carbocycles. The van der Waals surface area contributed by atoms with Gasteiger partial charge < -0.3 is 21.1 Å². The molecule has 1 unspecified atom stereocenters. The average molecular weight is 492 g/mol. The lowest BCUT2D eigenvalue weighted by Gasteiger charge is -2.32. The van der Waals surface area contributed by atoms with Crippen LogP contribution in [0.25, 0.3) is 5.69 Å². The first-order valence-electron chi connectivity index (χ1n) is 10.5. The molecule has 0 spiro atoms.